The second kappa shape index (κ2) is 10.8. The van der Waals surface area contributed by atoms with Crippen LogP contribution >= 0.6 is 11.3 Å². The minimum Gasteiger partial charge on any atom is -0.309 e. The molecule has 5 heteroatoms. The molecule has 0 N–H and O–H groups in total. The van der Waals surface area contributed by atoms with Crippen LogP contribution in [0.25, 0.3) is 108 Å². The lowest BCUT2D eigenvalue weighted by Crippen LogP contribution is -2.03. The van der Waals surface area contributed by atoms with Gasteiger partial charge in [-0.1, -0.05) is 97.1 Å². The fraction of sp³-hybridized carbons (Fsp3) is 0. The van der Waals surface area contributed by atoms with Crippen molar-refractivity contribution in [1.82, 2.24) is 19.1 Å². The van der Waals surface area contributed by atoms with Crippen molar-refractivity contribution < 1.29 is 0 Å². The molecule has 0 fully saturated rings. The Morgan fingerprint density at radius 2 is 1.02 bits per heavy atom. The first-order valence-electron chi connectivity index (χ1n) is 17.9. The largest absolute Gasteiger partial charge is 0.309 e. The summed E-state index contributed by atoms with van der Waals surface area (Å²) in [6, 6.07) is 61.1. The van der Waals surface area contributed by atoms with Gasteiger partial charge < -0.3 is 4.57 Å². The maximum Gasteiger partial charge on any atom is 0.165 e. The van der Waals surface area contributed by atoms with Crippen molar-refractivity contribution in [2.75, 3.05) is 0 Å². The fourth-order valence-corrected chi connectivity index (χ4v) is 9.59. The maximum absolute atomic E-state index is 5.50. The molecule has 246 valence electrons. The van der Waals surface area contributed by atoms with Gasteiger partial charge in [-0.3, -0.25) is 4.57 Å². The Balaban J connectivity index is 1.21. The quantitative estimate of drug-likeness (QED) is 0.185. The second-order valence-corrected chi connectivity index (χ2v) is 14.9. The van der Waals surface area contributed by atoms with Crippen molar-refractivity contribution in [2.24, 2.45) is 0 Å². The van der Waals surface area contributed by atoms with Crippen molar-refractivity contribution in [3.63, 3.8) is 0 Å². The molecule has 4 nitrogen and oxygen atoms in total. The first-order valence-corrected chi connectivity index (χ1v) is 18.7. The van der Waals surface area contributed by atoms with E-state index in [9.17, 15) is 0 Å². The third kappa shape index (κ3) is 4.17. The van der Waals surface area contributed by atoms with E-state index in [2.05, 4.69) is 167 Å². The zero-order valence-electron chi connectivity index (χ0n) is 28.4. The molecule has 0 amide bonds. The van der Waals surface area contributed by atoms with Crippen LogP contribution < -0.4 is 0 Å². The Bertz CT molecular complexity index is 3460. The summed E-state index contributed by atoms with van der Waals surface area (Å²) >= 11 is 1.86. The summed E-state index contributed by atoms with van der Waals surface area (Å²) in [5.41, 5.74) is 9.34. The van der Waals surface area contributed by atoms with Crippen LogP contribution in [-0.4, -0.2) is 19.1 Å². The monoisotopic (exact) mass is 692 g/mol. The minimum absolute atomic E-state index is 0.823. The zero-order valence-corrected chi connectivity index (χ0v) is 29.2. The lowest BCUT2D eigenvalue weighted by atomic mass is 10.1. The molecule has 4 heterocycles. The van der Waals surface area contributed by atoms with E-state index in [4.69, 9.17) is 9.97 Å². The van der Waals surface area contributed by atoms with E-state index in [1.54, 1.807) is 0 Å². The summed E-state index contributed by atoms with van der Waals surface area (Å²) in [5.74, 6) is 0.823. The standard InChI is InChI=1S/C48H28N4S/c1-2-14-32(15-3-1)51-41-20-10-6-16-33(41)35-25-31(22-23-42(35)51)47-48(50-40-19-9-8-18-39(40)49-47)52-43-26-30-13-5-4-12-29(30)24-36(43)37-28-46-38(27-44(37)52)34-17-7-11-21-45(34)53-46/h1-28H. The molecule has 8 aromatic carbocycles. The summed E-state index contributed by atoms with van der Waals surface area (Å²) in [6.07, 6.45) is 0. The van der Waals surface area contributed by atoms with Crippen molar-refractivity contribution in [2.45, 2.75) is 0 Å². The summed E-state index contributed by atoms with van der Waals surface area (Å²) in [4.78, 5) is 10.9. The second-order valence-electron chi connectivity index (χ2n) is 13.8. The highest BCUT2D eigenvalue weighted by molar-refractivity contribution is 7.25. The molecule has 4 aromatic heterocycles. The molecule has 0 radical (unpaired) electrons. The first-order chi connectivity index (χ1) is 26.3. The molecule has 12 aromatic rings. The topological polar surface area (TPSA) is 35.6 Å². The van der Waals surface area contributed by atoms with Crippen molar-refractivity contribution in [3.05, 3.63) is 170 Å². The maximum atomic E-state index is 5.50. The number of aromatic nitrogens is 4. The van der Waals surface area contributed by atoms with Gasteiger partial charge in [0.05, 0.1) is 33.1 Å². The van der Waals surface area contributed by atoms with E-state index in [1.165, 1.54) is 58.0 Å². The normalized spacial score (nSPS) is 12.2. The van der Waals surface area contributed by atoms with E-state index in [0.717, 1.165) is 50.3 Å². The van der Waals surface area contributed by atoms with Gasteiger partial charge in [0.15, 0.2) is 5.82 Å². The highest BCUT2D eigenvalue weighted by Crippen LogP contribution is 2.43. The van der Waals surface area contributed by atoms with E-state index in [1.807, 2.05) is 23.5 Å². The number of thiophene rings is 1. The SMILES string of the molecule is c1ccc(-n2c3ccccc3c3cc(-c4nc5ccccc5nc4-n4c5cc6ccccc6cc5c5cc6sc7ccccc7c6cc54)ccc32)cc1. The molecule has 0 aliphatic heterocycles. The molecule has 0 unspecified atom stereocenters. The zero-order chi connectivity index (χ0) is 34.6. The lowest BCUT2D eigenvalue weighted by molar-refractivity contribution is 1.08. The Morgan fingerprint density at radius 3 is 1.89 bits per heavy atom. The number of rotatable bonds is 3. The molecule has 0 atom stereocenters. The van der Waals surface area contributed by atoms with Gasteiger partial charge in [0.1, 0.15) is 5.69 Å². The molecule has 0 saturated heterocycles. The minimum atomic E-state index is 0.823. The number of para-hydroxylation sites is 4. The van der Waals surface area contributed by atoms with E-state index < -0.39 is 0 Å². The Morgan fingerprint density at radius 1 is 0.377 bits per heavy atom. The number of benzene rings is 8. The Labute approximate surface area is 307 Å². The fourth-order valence-electron chi connectivity index (χ4n) is 8.46. The Hall–Kier alpha value is -6.82. The summed E-state index contributed by atoms with van der Waals surface area (Å²) < 4.78 is 7.31. The van der Waals surface area contributed by atoms with Crippen LogP contribution in [0.1, 0.15) is 0 Å². The predicted molar refractivity (Wildman–Crippen MR) is 224 cm³/mol. The first kappa shape index (κ1) is 28.8. The smallest absolute Gasteiger partial charge is 0.165 e. The third-order valence-electron chi connectivity index (χ3n) is 10.9. The predicted octanol–water partition coefficient (Wildman–Crippen LogP) is 13.0. The average Bonchev–Trinajstić information content (AvgIpc) is 3.85. The average molecular weight is 693 g/mol. The molecule has 0 saturated carbocycles. The number of hydrogen-bond donors (Lipinski definition) is 0. The molecule has 0 aliphatic carbocycles. The molecular weight excluding hydrogens is 665 g/mol. The van der Waals surface area contributed by atoms with E-state index in [-0.39, 0.29) is 0 Å². The third-order valence-corrected chi connectivity index (χ3v) is 12.0. The van der Waals surface area contributed by atoms with Gasteiger partial charge in [-0.25, -0.2) is 9.97 Å². The van der Waals surface area contributed by atoms with E-state index in [0.29, 0.717) is 0 Å². The van der Waals surface area contributed by atoms with Crippen LogP contribution in [0.5, 0.6) is 0 Å². The van der Waals surface area contributed by atoms with E-state index >= 15 is 0 Å². The molecule has 0 aliphatic rings. The van der Waals surface area contributed by atoms with Crippen LogP contribution in [0.4, 0.5) is 0 Å². The van der Waals surface area contributed by atoms with Crippen molar-refractivity contribution >= 4 is 96.9 Å². The highest BCUT2D eigenvalue weighted by atomic mass is 32.1. The number of hydrogen-bond acceptors (Lipinski definition) is 3. The lowest BCUT2D eigenvalue weighted by Gasteiger charge is -2.14. The van der Waals surface area contributed by atoms with Gasteiger partial charge in [-0.2, -0.15) is 0 Å². The van der Waals surface area contributed by atoms with Crippen molar-refractivity contribution in [3.8, 4) is 22.8 Å². The molecular formula is C48H28N4S. The molecule has 12 rings (SSSR count). The van der Waals surface area contributed by atoms with Gasteiger partial charge >= 0.3 is 0 Å². The van der Waals surface area contributed by atoms with Crippen LogP contribution in [0.2, 0.25) is 0 Å². The summed E-state index contributed by atoms with van der Waals surface area (Å²) in [6.45, 7) is 0. The Kier molecular flexibility index (Phi) is 5.90. The number of fused-ring (bicyclic) bond motifs is 11. The van der Waals surface area contributed by atoms with Gasteiger partial charge in [0.2, 0.25) is 0 Å². The van der Waals surface area contributed by atoms with Crippen LogP contribution in [-0.2, 0) is 0 Å². The van der Waals surface area contributed by atoms with Gasteiger partial charge in [-0.05, 0) is 83.6 Å². The van der Waals surface area contributed by atoms with Gasteiger partial charge in [0.25, 0.3) is 0 Å². The highest BCUT2D eigenvalue weighted by Gasteiger charge is 2.22. The van der Waals surface area contributed by atoms with Crippen LogP contribution in [0, 0.1) is 0 Å². The molecule has 0 bridgehead atoms. The van der Waals surface area contributed by atoms with Crippen LogP contribution in [0.3, 0.4) is 0 Å². The van der Waals surface area contributed by atoms with Crippen LogP contribution in [0.15, 0.2) is 170 Å². The van der Waals surface area contributed by atoms with Gasteiger partial charge in [-0.15, -0.1) is 11.3 Å². The van der Waals surface area contributed by atoms with Gasteiger partial charge in [0, 0.05) is 53.0 Å². The number of nitrogens with zero attached hydrogens (tertiary/aromatic N) is 4. The molecule has 53 heavy (non-hydrogen) atoms. The van der Waals surface area contributed by atoms with Crippen molar-refractivity contribution in [1.29, 1.82) is 0 Å². The summed E-state index contributed by atoms with van der Waals surface area (Å²) in [7, 11) is 0. The molecule has 0 spiro atoms. The summed E-state index contributed by atoms with van der Waals surface area (Å²) in [5, 5.41) is 9.77.